The maximum Gasteiger partial charge on any atom is 0.240 e. The van der Waals surface area contributed by atoms with Gasteiger partial charge in [-0.15, -0.1) is 0 Å². The molecule has 1 aromatic rings. The van der Waals surface area contributed by atoms with E-state index in [1.54, 1.807) is 24.3 Å². The van der Waals surface area contributed by atoms with Crippen LogP contribution in [0.15, 0.2) is 29.2 Å². The Hall–Kier alpha value is -0.760. The Labute approximate surface area is 124 Å². The molecule has 112 valence electrons. The minimum Gasteiger partial charge on any atom is -0.492 e. The van der Waals surface area contributed by atoms with Gasteiger partial charge in [-0.2, -0.15) is 11.8 Å². The molecule has 1 aromatic carbocycles. The van der Waals surface area contributed by atoms with Crippen LogP contribution in [0, 0.1) is 5.92 Å². The summed E-state index contributed by atoms with van der Waals surface area (Å²) in [6.07, 6.45) is 1.08. The molecule has 20 heavy (non-hydrogen) atoms. The van der Waals surface area contributed by atoms with Crippen LogP contribution in [-0.4, -0.2) is 39.6 Å². The molecule has 0 aliphatic carbocycles. The first kappa shape index (κ1) is 15.6. The Morgan fingerprint density at radius 3 is 2.70 bits per heavy atom. The number of hydrogen-bond acceptors (Lipinski definition) is 5. The zero-order chi connectivity index (χ0) is 14.4. The van der Waals surface area contributed by atoms with Gasteiger partial charge in [-0.1, -0.05) is 0 Å². The normalized spacial score (nSPS) is 19.1. The quantitative estimate of drug-likeness (QED) is 0.786. The summed E-state index contributed by atoms with van der Waals surface area (Å²) in [5, 5.41) is 0. The van der Waals surface area contributed by atoms with E-state index in [1.165, 1.54) is 0 Å². The summed E-state index contributed by atoms with van der Waals surface area (Å²) in [6, 6.07) is 6.40. The van der Waals surface area contributed by atoms with Gasteiger partial charge in [0.25, 0.3) is 0 Å². The summed E-state index contributed by atoms with van der Waals surface area (Å²) in [5.74, 6) is 3.23. The van der Waals surface area contributed by atoms with Crippen LogP contribution in [-0.2, 0) is 10.0 Å². The Morgan fingerprint density at radius 1 is 1.35 bits per heavy atom. The van der Waals surface area contributed by atoms with Crippen LogP contribution in [0.2, 0.25) is 0 Å². The van der Waals surface area contributed by atoms with Gasteiger partial charge in [-0.05, 0) is 48.1 Å². The first-order chi connectivity index (χ1) is 9.62. The molecule has 1 saturated heterocycles. The summed E-state index contributed by atoms with van der Waals surface area (Å²) in [7, 11) is -3.42. The van der Waals surface area contributed by atoms with Gasteiger partial charge in [0, 0.05) is 13.1 Å². The zero-order valence-corrected chi connectivity index (χ0v) is 12.9. The fraction of sp³-hybridized carbons (Fsp3) is 0.538. The van der Waals surface area contributed by atoms with E-state index < -0.39 is 10.0 Å². The number of hydrogen-bond donors (Lipinski definition) is 2. The zero-order valence-electron chi connectivity index (χ0n) is 11.2. The van der Waals surface area contributed by atoms with Crippen LogP contribution in [0.25, 0.3) is 0 Å². The predicted octanol–water partition coefficient (Wildman–Crippen LogP) is 1.06. The number of benzene rings is 1. The number of sulfonamides is 1. The van der Waals surface area contributed by atoms with E-state index in [-0.39, 0.29) is 4.90 Å². The van der Waals surface area contributed by atoms with Gasteiger partial charge < -0.3 is 10.5 Å². The van der Waals surface area contributed by atoms with Crippen molar-refractivity contribution < 1.29 is 13.2 Å². The molecule has 1 aliphatic rings. The van der Waals surface area contributed by atoms with Crippen molar-refractivity contribution in [3.63, 3.8) is 0 Å². The van der Waals surface area contributed by atoms with Crippen molar-refractivity contribution in [2.24, 2.45) is 11.7 Å². The topological polar surface area (TPSA) is 81.4 Å². The highest BCUT2D eigenvalue weighted by Gasteiger charge is 2.19. The van der Waals surface area contributed by atoms with Crippen molar-refractivity contribution in [3.05, 3.63) is 24.3 Å². The summed E-state index contributed by atoms with van der Waals surface area (Å²) in [4.78, 5) is 0.267. The second-order valence-corrected chi connectivity index (χ2v) is 7.61. The van der Waals surface area contributed by atoms with Crippen molar-refractivity contribution in [1.82, 2.24) is 4.72 Å². The van der Waals surface area contributed by atoms with Gasteiger partial charge in [0.1, 0.15) is 12.4 Å². The minimum absolute atomic E-state index is 0.267. The molecule has 0 radical (unpaired) electrons. The monoisotopic (exact) mass is 316 g/mol. The third-order valence-corrected chi connectivity index (χ3v) is 5.78. The maximum atomic E-state index is 12.1. The Morgan fingerprint density at radius 2 is 2.10 bits per heavy atom. The molecule has 2 rings (SSSR count). The SMILES string of the molecule is NCCOc1ccc(S(=O)(=O)NCC2CCSC2)cc1. The maximum absolute atomic E-state index is 12.1. The summed E-state index contributed by atoms with van der Waals surface area (Å²) in [6.45, 7) is 1.37. The van der Waals surface area contributed by atoms with Gasteiger partial charge in [-0.25, -0.2) is 13.1 Å². The molecule has 1 heterocycles. The number of nitrogens with two attached hydrogens (primary N) is 1. The van der Waals surface area contributed by atoms with Crippen LogP contribution in [0.3, 0.4) is 0 Å². The summed E-state index contributed by atoms with van der Waals surface area (Å²) >= 11 is 1.88. The van der Waals surface area contributed by atoms with Crippen molar-refractivity contribution in [3.8, 4) is 5.75 Å². The smallest absolute Gasteiger partial charge is 0.240 e. The standard InChI is InChI=1S/C13H20N2O3S2/c14-6-7-18-12-1-3-13(4-2-12)20(16,17)15-9-11-5-8-19-10-11/h1-4,11,15H,5-10,14H2. The summed E-state index contributed by atoms with van der Waals surface area (Å²) in [5.41, 5.74) is 5.34. The number of thioether (sulfide) groups is 1. The van der Waals surface area contributed by atoms with E-state index in [0.29, 0.717) is 31.4 Å². The van der Waals surface area contributed by atoms with E-state index in [9.17, 15) is 8.42 Å². The Bertz CT molecular complexity index is 511. The largest absolute Gasteiger partial charge is 0.492 e. The van der Waals surface area contributed by atoms with Crippen molar-refractivity contribution >= 4 is 21.8 Å². The molecule has 1 unspecified atom stereocenters. The van der Waals surface area contributed by atoms with Crippen LogP contribution in [0.5, 0.6) is 5.75 Å². The van der Waals surface area contributed by atoms with Crippen LogP contribution < -0.4 is 15.2 Å². The molecule has 1 atom stereocenters. The lowest BCUT2D eigenvalue weighted by Crippen LogP contribution is -2.29. The predicted molar refractivity (Wildman–Crippen MR) is 81.6 cm³/mol. The molecular formula is C13H20N2O3S2. The number of nitrogens with one attached hydrogen (secondary N) is 1. The lowest BCUT2D eigenvalue weighted by Gasteiger charge is -2.11. The van der Waals surface area contributed by atoms with Crippen LogP contribution >= 0.6 is 11.8 Å². The van der Waals surface area contributed by atoms with E-state index in [2.05, 4.69) is 4.72 Å². The third kappa shape index (κ3) is 4.37. The number of rotatable bonds is 7. The average molecular weight is 316 g/mol. The average Bonchev–Trinajstić information content (AvgIpc) is 2.97. The fourth-order valence-corrected chi connectivity index (χ4v) is 4.35. The molecule has 1 aliphatic heterocycles. The molecule has 3 N–H and O–H groups in total. The Balaban J connectivity index is 1.94. The van der Waals surface area contributed by atoms with Crippen molar-refractivity contribution in [2.45, 2.75) is 11.3 Å². The molecule has 7 heteroatoms. The first-order valence-corrected chi connectivity index (χ1v) is 9.26. The van der Waals surface area contributed by atoms with Gasteiger partial charge in [0.2, 0.25) is 10.0 Å². The van der Waals surface area contributed by atoms with E-state index in [0.717, 1.165) is 17.9 Å². The van der Waals surface area contributed by atoms with E-state index in [4.69, 9.17) is 10.5 Å². The Kier molecular flexibility index (Phi) is 5.71. The lowest BCUT2D eigenvalue weighted by molar-refractivity contribution is 0.328. The molecule has 0 bridgehead atoms. The van der Waals surface area contributed by atoms with E-state index in [1.807, 2.05) is 11.8 Å². The molecular weight excluding hydrogens is 296 g/mol. The van der Waals surface area contributed by atoms with Gasteiger partial charge in [-0.3, -0.25) is 0 Å². The first-order valence-electron chi connectivity index (χ1n) is 6.62. The van der Waals surface area contributed by atoms with Gasteiger partial charge in [0.05, 0.1) is 4.90 Å². The van der Waals surface area contributed by atoms with Crippen molar-refractivity contribution in [2.75, 3.05) is 31.2 Å². The molecule has 0 saturated carbocycles. The highest BCUT2D eigenvalue weighted by Crippen LogP contribution is 2.23. The molecule has 0 spiro atoms. The number of ether oxygens (including phenoxy) is 1. The minimum atomic E-state index is -3.42. The second-order valence-electron chi connectivity index (χ2n) is 4.69. The van der Waals surface area contributed by atoms with Crippen LogP contribution in [0.1, 0.15) is 6.42 Å². The molecule has 1 fully saturated rings. The molecule has 5 nitrogen and oxygen atoms in total. The fourth-order valence-electron chi connectivity index (χ4n) is 1.95. The van der Waals surface area contributed by atoms with Gasteiger partial charge in [0.15, 0.2) is 0 Å². The summed E-state index contributed by atoms with van der Waals surface area (Å²) < 4.78 is 32.3. The highest BCUT2D eigenvalue weighted by atomic mass is 32.2. The lowest BCUT2D eigenvalue weighted by atomic mass is 10.1. The molecule has 0 aromatic heterocycles. The van der Waals surface area contributed by atoms with Crippen molar-refractivity contribution in [1.29, 1.82) is 0 Å². The van der Waals surface area contributed by atoms with Crippen LogP contribution in [0.4, 0.5) is 0 Å². The third-order valence-electron chi connectivity index (χ3n) is 3.11. The molecule has 0 amide bonds. The highest BCUT2D eigenvalue weighted by molar-refractivity contribution is 7.99. The second kappa shape index (κ2) is 7.31. The van der Waals surface area contributed by atoms with E-state index >= 15 is 0 Å². The van der Waals surface area contributed by atoms with Gasteiger partial charge >= 0.3 is 0 Å².